The molecule has 0 bridgehead atoms. The van der Waals surface area contributed by atoms with Crippen LogP contribution in [0.15, 0.2) is 82.7 Å². The minimum Gasteiger partial charge on any atom is -0.322 e. The molecule has 1 atom stereocenters. The lowest BCUT2D eigenvalue weighted by Gasteiger charge is -2.13. The molecule has 1 aliphatic carbocycles. The quantitative estimate of drug-likeness (QED) is 0.477. The van der Waals surface area contributed by atoms with Gasteiger partial charge in [-0.3, -0.25) is 14.7 Å². The van der Waals surface area contributed by atoms with Crippen LogP contribution in [-0.4, -0.2) is 38.2 Å². The lowest BCUT2D eigenvalue weighted by Crippen LogP contribution is -2.46. The Bertz CT molecular complexity index is 1550. The van der Waals surface area contributed by atoms with Gasteiger partial charge in [-0.2, -0.15) is 0 Å². The second-order valence-electron chi connectivity index (χ2n) is 8.33. The number of nitrogens with one attached hydrogen (secondary N) is 2. The van der Waals surface area contributed by atoms with Crippen molar-refractivity contribution in [1.29, 1.82) is 0 Å². The summed E-state index contributed by atoms with van der Waals surface area (Å²) in [4.78, 5) is 53.0. The predicted octanol–water partition coefficient (Wildman–Crippen LogP) is 2.49. The number of pyridine rings is 1. The molecule has 0 unspecified atom stereocenters. The molecule has 2 aromatic carbocycles. The minimum absolute atomic E-state index is 0.0389. The zero-order valence-electron chi connectivity index (χ0n) is 18.4. The van der Waals surface area contributed by atoms with E-state index < -0.39 is 23.9 Å². The van der Waals surface area contributed by atoms with Gasteiger partial charge in [-0.1, -0.05) is 48.5 Å². The molecular weight excluding hydrogens is 448 g/mol. The van der Waals surface area contributed by atoms with Gasteiger partial charge in [0.25, 0.3) is 5.91 Å². The molecule has 0 radical (unpaired) electrons. The number of amides is 2. The number of aromatic nitrogens is 3. The molecule has 174 valence electrons. The van der Waals surface area contributed by atoms with Crippen molar-refractivity contribution in [2.75, 3.05) is 5.32 Å². The molecule has 4 aromatic rings. The van der Waals surface area contributed by atoms with Gasteiger partial charge in [-0.15, -0.1) is 4.73 Å². The molecule has 3 heterocycles. The van der Waals surface area contributed by atoms with Crippen molar-refractivity contribution in [3.63, 3.8) is 0 Å². The molecule has 2 aromatic heterocycles. The molecule has 1 fully saturated rings. The summed E-state index contributed by atoms with van der Waals surface area (Å²) in [6, 6.07) is 20.0. The summed E-state index contributed by atoms with van der Waals surface area (Å²) in [5.41, 5.74) is 2.93. The average molecular weight is 468 g/mol. The fourth-order valence-electron chi connectivity index (χ4n) is 4.18. The van der Waals surface area contributed by atoms with Gasteiger partial charge in [0.2, 0.25) is 6.17 Å². The summed E-state index contributed by atoms with van der Waals surface area (Å²) in [5.74, 6) is -0.533. The van der Waals surface area contributed by atoms with E-state index in [2.05, 4.69) is 20.6 Å². The van der Waals surface area contributed by atoms with E-state index in [1.807, 2.05) is 42.5 Å². The number of anilines is 1. The monoisotopic (exact) mass is 468 g/mol. The highest BCUT2D eigenvalue weighted by Gasteiger charge is 2.32. The Morgan fingerprint density at radius 2 is 1.77 bits per heavy atom. The van der Waals surface area contributed by atoms with Gasteiger partial charge in [0, 0.05) is 23.4 Å². The van der Waals surface area contributed by atoms with E-state index in [9.17, 15) is 14.4 Å². The molecule has 0 spiro atoms. The molecule has 10 nitrogen and oxygen atoms in total. The van der Waals surface area contributed by atoms with Gasteiger partial charge in [0.1, 0.15) is 5.52 Å². The summed E-state index contributed by atoms with van der Waals surface area (Å²) in [6.45, 7) is 0. The highest BCUT2D eigenvalue weighted by Crippen LogP contribution is 2.35. The van der Waals surface area contributed by atoms with Crippen molar-refractivity contribution >= 4 is 34.6 Å². The molecule has 1 saturated carbocycles. The summed E-state index contributed by atoms with van der Waals surface area (Å²) in [7, 11) is 0. The SMILES string of the molecule is O=C(N[C@H]1N=C(c2ccccc2)c2ccccc2NC1=O)On1c(=O)n(C2CC2)c2ncccc21. The number of carbonyl (C=O) groups is 2. The molecule has 1 aliphatic heterocycles. The van der Waals surface area contributed by atoms with Crippen LogP contribution in [0.1, 0.15) is 30.0 Å². The van der Waals surface area contributed by atoms with E-state index in [1.54, 1.807) is 30.5 Å². The third-order valence-corrected chi connectivity index (χ3v) is 5.93. The first-order chi connectivity index (χ1) is 17.1. The molecule has 0 saturated heterocycles. The van der Waals surface area contributed by atoms with Crippen LogP contribution in [-0.2, 0) is 4.79 Å². The Hall–Kier alpha value is -4.73. The van der Waals surface area contributed by atoms with E-state index in [0.717, 1.165) is 28.7 Å². The van der Waals surface area contributed by atoms with Crippen LogP contribution in [0.25, 0.3) is 11.2 Å². The predicted molar refractivity (Wildman–Crippen MR) is 128 cm³/mol. The first kappa shape index (κ1) is 20.8. The second-order valence-corrected chi connectivity index (χ2v) is 8.33. The summed E-state index contributed by atoms with van der Waals surface area (Å²) in [6.07, 6.45) is 1.03. The Labute approximate surface area is 198 Å². The lowest BCUT2D eigenvalue weighted by molar-refractivity contribution is -0.117. The van der Waals surface area contributed by atoms with Gasteiger partial charge in [0.05, 0.1) is 11.4 Å². The molecule has 6 rings (SSSR count). The molecule has 10 heteroatoms. The number of hydrogen-bond donors (Lipinski definition) is 2. The van der Waals surface area contributed by atoms with Crippen LogP contribution < -0.4 is 21.2 Å². The third kappa shape index (κ3) is 3.74. The maximum Gasteiger partial charge on any atom is 0.434 e. The van der Waals surface area contributed by atoms with Crippen LogP contribution in [0, 0.1) is 0 Å². The third-order valence-electron chi connectivity index (χ3n) is 5.93. The zero-order valence-corrected chi connectivity index (χ0v) is 18.4. The standard InChI is InChI=1S/C25H20N6O4/c32-23-21(28-20(15-7-2-1-3-8-15)17-9-4-5-10-18(17)27-23)29-24(33)35-31-19-11-6-14-26-22(19)30(25(31)34)16-12-13-16/h1-11,14,16,21H,12-13H2,(H,27,32)(H,29,33)/t21-/m1/s1. The molecule has 2 aliphatic rings. The molecule has 35 heavy (non-hydrogen) atoms. The summed E-state index contributed by atoms with van der Waals surface area (Å²) in [5, 5.41) is 5.29. The van der Waals surface area contributed by atoms with Gasteiger partial charge in [0.15, 0.2) is 5.65 Å². The van der Waals surface area contributed by atoms with Crippen LogP contribution in [0.2, 0.25) is 0 Å². The summed E-state index contributed by atoms with van der Waals surface area (Å²) >= 11 is 0. The normalized spacial score (nSPS) is 17.2. The van der Waals surface area contributed by atoms with E-state index in [0.29, 0.717) is 22.6 Å². The van der Waals surface area contributed by atoms with E-state index in [1.165, 1.54) is 4.57 Å². The Morgan fingerprint density at radius 1 is 1.00 bits per heavy atom. The number of para-hydroxylation sites is 1. The molecule has 2 N–H and O–H groups in total. The van der Waals surface area contributed by atoms with Crippen LogP contribution in [0.5, 0.6) is 0 Å². The van der Waals surface area contributed by atoms with Crippen molar-refractivity contribution in [2.24, 2.45) is 4.99 Å². The number of benzodiazepines with no additional fused rings is 1. The van der Waals surface area contributed by atoms with Gasteiger partial charge in [-0.25, -0.2) is 19.6 Å². The Morgan fingerprint density at radius 3 is 2.57 bits per heavy atom. The number of imidazole rings is 1. The minimum atomic E-state index is -1.28. The second kappa shape index (κ2) is 8.24. The maximum absolute atomic E-state index is 13.0. The van der Waals surface area contributed by atoms with Crippen molar-refractivity contribution in [3.05, 3.63) is 94.5 Å². The van der Waals surface area contributed by atoms with E-state index >= 15 is 0 Å². The average Bonchev–Trinajstić information content (AvgIpc) is 3.69. The highest BCUT2D eigenvalue weighted by molar-refractivity contribution is 6.19. The number of benzene rings is 2. The number of hydrogen-bond acceptors (Lipinski definition) is 6. The Kier molecular flexibility index (Phi) is 4.91. The maximum atomic E-state index is 13.0. The van der Waals surface area contributed by atoms with Gasteiger partial charge >= 0.3 is 11.8 Å². The van der Waals surface area contributed by atoms with Crippen LogP contribution in [0.4, 0.5) is 10.5 Å². The molecule has 2 amide bonds. The van der Waals surface area contributed by atoms with Crippen molar-refractivity contribution in [3.8, 4) is 0 Å². The fourth-order valence-corrected chi connectivity index (χ4v) is 4.18. The van der Waals surface area contributed by atoms with Gasteiger partial charge < -0.3 is 10.2 Å². The number of carbonyl (C=O) groups excluding carboxylic acids is 2. The Balaban J connectivity index is 1.33. The first-order valence-corrected chi connectivity index (χ1v) is 11.2. The smallest absolute Gasteiger partial charge is 0.322 e. The highest BCUT2D eigenvalue weighted by atomic mass is 16.7. The van der Waals surface area contributed by atoms with Crippen molar-refractivity contribution in [2.45, 2.75) is 25.0 Å². The number of nitrogens with zero attached hydrogens (tertiary/aromatic N) is 4. The van der Waals surface area contributed by atoms with Crippen LogP contribution >= 0.6 is 0 Å². The van der Waals surface area contributed by atoms with Gasteiger partial charge in [-0.05, 0) is 31.0 Å². The number of aliphatic imine (C=N–C) groups is 1. The number of rotatable bonds is 4. The zero-order chi connectivity index (χ0) is 23.9. The fraction of sp³-hybridized carbons (Fsp3) is 0.160. The summed E-state index contributed by atoms with van der Waals surface area (Å²) < 4.78 is 2.43. The van der Waals surface area contributed by atoms with Crippen molar-refractivity contribution in [1.82, 2.24) is 19.6 Å². The van der Waals surface area contributed by atoms with E-state index in [4.69, 9.17) is 4.84 Å². The topological polar surface area (TPSA) is 120 Å². The van der Waals surface area contributed by atoms with Crippen molar-refractivity contribution < 1.29 is 14.4 Å². The largest absolute Gasteiger partial charge is 0.434 e. The lowest BCUT2D eigenvalue weighted by atomic mass is 10.0. The first-order valence-electron chi connectivity index (χ1n) is 11.2. The number of fused-ring (bicyclic) bond motifs is 2. The van der Waals surface area contributed by atoms with E-state index in [-0.39, 0.29) is 6.04 Å². The van der Waals surface area contributed by atoms with Crippen LogP contribution in [0.3, 0.4) is 0 Å². The molecular formula is C25H20N6O4.